The van der Waals surface area contributed by atoms with E-state index in [0.29, 0.717) is 5.56 Å². The van der Waals surface area contributed by atoms with Crippen LogP contribution in [-0.2, 0) is 0 Å². The Morgan fingerprint density at radius 3 is 2.60 bits per heavy atom. The van der Waals surface area contributed by atoms with Crippen molar-refractivity contribution >= 4 is 22.1 Å². The molecule has 0 saturated carbocycles. The summed E-state index contributed by atoms with van der Waals surface area (Å²) in [5.41, 5.74) is 0.417. The topological polar surface area (TPSA) is 47.6 Å². The van der Waals surface area contributed by atoms with Gasteiger partial charge in [0, 0.05) is 0 Å². The summed E-state index contributed by atoms with van der Waals surface area (Å²) >= 11 is 2.93. The maximum absolute atomic E-state index is 11.9. The van der Waals surface area contributed by atoms with Crippen LogP contribution in [0.2, 0.25) is 0 Å². The third kappa shape index (κ3) is 3.78. The molecular weight excluding hydrogens is 277 g/mol. The van der Waals surface area contributed by atoms with E-state index < -0.39 is 6.36 Å². The Bertz CT molecular complexity index is 379. The molecule has 7 heteroatoms. The monoisotopic (exact) mass is 282 g/mol. The van der Waals surface area contributed by atoms with Gasteiger partial charge in [0.05, 0.1) is 10.7 Å². The summed E-state index contributed by atoms with van der Waals surface area (Å²) in [5.74, 6) is 4.54. The average Bonchev–Trinajstić information content (AvgIpc) is 2.09. The van der Waals surface area contributed by atoms with E-state index in [-0.39, 0.29) is 10.2 Å². The van der Waals surface area contributed by atoms with Crippen molar-refractivity contribution in [2.45, 2.75) is 6.36 Å². The lowest BCUT2D eigenvalue weighted by atomic mass is 10.2. The highest BCUT2D eigenvalue weighted by molar-refractivity contribution is 9.10. The normalized spacial score (nSPS) is 12.0. The summed E-state index contributed by atoms with van der Waals surface area (Å²) in [6.45, 7) is 0. The highest BCUT2D eigenvalue weighted by Crippen LogP contribution is 2.30. The second kappa shape index (κ2) is 4.52. The first-order chi connectivity index (χ1) is 6.92. The lowest BCUT2D eigenvalue weighted by Gasteiger charge is -2.10. The minimum Gasteiger partial charge on any atom is -0.405 e. The average molecular weight is 283 g/mol. The fourth-order valence-electron chi connectivity index (χ4n) is 0.889. The number of nitrogens with zero attached hydrogens (tertiary/aromatic N) is 1. The first kappa shape index (κ1) is 11.8. The molecule has 1 rings (SSSR count). The minimum atomic E-state index is -4.72. The Kier molecular flexibility index (Phi) is 3.57. The molecule has 0 amide bonds. The molecule has 0 atom stereocenters. The summed E-state index contributed by atoms with van der Waals surface area (Å²) < 4.78 is 39.8. The molecule has 0 saturated heterocycles. The molecule has 0 spiro atoms. The Labute approximate surface area is 91.8 Å². The summed E-state index contributed by atoms with van der Waals surface area (Å²) in [4.78, 5) is 0. The molecule has 0 aliphatic heterocycles. The number of benzene rings is 1. The Balaban J connectivity index is 3.00. The van der Waals surface area contributed by atoms with Crippen molar-refractivity contribution in [2.75, 3.05) is 0 Å². The lowest BCUT2D eigenvalue weighted by Crippen LogP contribution is -2.17. The van der Waals surface area contributed by atoms with Crippen molar-refractivity contribution in [1.82, 2.24) is 0 Å². The van der Waals surface area contributed by atoms with Crippen LogP contribution in [0.4, 0.5) is 13.2 Å². The fourth-order valence-corrected chi connectivity index (χ4v) is 1.22. The van der Waals surface area contributed by atoms with Crippen LogP contribution in [0.25, 0.3) is 0 Å². The predicted octanol–water partition coefficient (Wildman–Crippen LogP) is 2.64. The van der Waals surface area contributed by atoms with Crippen LogP contribution in [0, 0.1) is 0 Å². The van der Waals surface area contributed by atoms with Crippen molar-refractivity contribution in [2.24, 2.45) is 10.9 Å². The van der Waals surface area contributed by atoms with Crippen molar-refractivity contribution in [1.29, 1.82) is 0 Å². The summed E-state index contributed by atoms with van der Waals surface area (Å²) in [6, 6.07) is 4.13. The van der Waals surface area contributed by atoms with Crippen LogP contribution < -0.4 is 10.6 Å². The first-order valence-electron chi connectivity index (χ1n) is 3.71. The van der Waals surface area contributed by atoms with Gasteiger partial charge in [-0.3, -0.25) is 0 Å². The second-order valence-corrected chi connectivity index (χ2v) is 3.37. The highest BCUT2D eigenvalue weighted by atomic mass is 79.9. The molecule has 0 heterocycles. The Morgan fingerprint density at radius 2 is 2.07 bits per heavy atom. The van der Waals surface area contributed by atoms with Gasteiger partial charge in [-0.15, -0.1) is 13.2 Å². The van der Waals surface area contributed by atoms with Gasteiger partial charge < -0.3 is 10.6 Å². The van der Waals surface area contributed by atoms with Gasteiger partial charge in [0.25, 0.3) is 0 Å². The molecular formula is C8H6BrF3N2O. The molecule has 82 valence electrons. The lowest BCUT2D eigenvalue weighted by molar-refractivity contribution is -0.274. The molecule has 3 nitrogen and oxygen atoms in total. The smallest absolute Gasteiger partial charge is 0.405 e. The van der Waals surface area contributed by atoms with Gasteiger partial charge in [-0.2, -0.15) is 5.10 Å². The zero-order chi connectivity index (χ0) is 11.5. The van der Waals surface area contributed by atoms with Gasteiger partial charge in [-0.1, -0.05) is 6.07 Å². The zero-order valence-electron chi connectivity index (χ0n) is 7.25. The largest absolute Gasteiger partial charge is 0.573 e. The van der Waals surface area contributed by atoms with Crippen molar-refractivity contribution in [3.63, 3.8) is 0 Å². The van der Waals surface area contributed by atoms with Crippen LogP contribution in [0.5, 0.6) is 5.75 Å². The van der Waals surface area contributed by atoms with Gasteiger partial charge in [-0.05, 0) is 33.6 Å². The Hall–Kier alpha value is -1.24. The molecule has 2 N–H and O–H groups in total. The van der Waals surface area contributed by atoms with Crippen LogP contribution in [0.1, 0.15) is 5.56 Å². The first-order valence-corrected chi connectivity index (χ1v) is 4.50. The zero-order valence-corrected chi connectivity index (χ0v) is 8.84. The number of hydrogen-bond acceptors (Lipinski definition) is 3. The SMILES string of the molecule is NN=Cc1ccc(Br)c(OC(F)(F)F)c1. The van der Waals surface area contributed by atoms with Gasteiger partial charge in [0.15, 0.2) is 0 Å². The summed E-state index contributed by atoms with van der Waals surface area (Å²) in [6.07, 6.45) is -3.50. The highest BCUT2D eigenvalue weighted by Gasteiger charge is 2.31. The van der Waals surface area contributed by atoms with Crippen molar-refractivity contribution in [3.8, 4) is 5.75 Å². The molecule has 15 heavy (non-hydrogen) atoms. The van der Waals surface area contributed by atoms with Crippen molar-refractivity contribution < 1.29 is 17.9 Å². The second-order valence-electron chi connectivity index (χ2n) is 2.52. The third-order valence-electron chi connectivity index (χ3n) is 1.40. The number of hydrogen-bond donors (Lipinski definition) is 1. The van der Waals surface area contributed by atoms with E-state index in [0.717, 1.165) is 0 Å². The number of ether oxygens (including phenoxy) is 1. The standard InChI is InChI=1S/C8H6BrF3N2O/c9-6-2-1-5(4-14-13)3-7(6)15-8(10,11)12/h1-4H,13H2. The fraction of sp³-hybridized carbons (Fsp3) is 0.125. The predicted molar refractivity (Wildman–Crippen MR) is 52.6 cm³/mol. The van der Waals surface area contributed by atoms with E-state index in [1.165, 1.54) is 18.3 Å². The van der Waals surface area contributed by atoms with Crippen molar-refractivity contribution in [3.05, 3.63) is 28.2 Å². The molecule has 0 aliphatic carbocycles. The number of rotatable bonds is 2. The van der Waals surface area contributed by atoms with E-state index in [1.807, 2.05) is 0 Å². The maximum Gasteiger partial charge on any atom is 0.573 e. The van der Waals surface area contributed by atoms with Crippen LogP contribution in [-0.4, -0.2) is 12.6 Å². The van der Waals surface area contributed by atoms with Gasteiger partial charge in [0.2, 0.25) is 0 Å². The quantitative estimate of drug-likeness (QED) is 0.515. The van der Waals surface area contributed by atoms with Crippen LogP contribution in [0.3, 0.4) is 0 Å². The maximum atomic E-state index is 11.9. The van der Waals surface area contributed by atoms with E-state index >= 15 is 0 Å². The summed E-state index contributed by atoms with van der Waals surface area (Å²) in [7, 11) is 0. The number of nitrogens with two attached hydrogens (primary N) is 1. The molecule has 0 radical (unpaired) electrons. The van der Waals surface area contributed by atoms with E-state index in [1.54, 1.807) is 6.07 Å². The van der Waals surface area contributed by atoms with Gasteiger partial charge >= 0.3 is 6.36 Å². The van der Waals surface area contributed by atoms with Crippen LogP contribution >= 0.6 is 15.9 Å². The molecule has 0 fully saturated rings. The van der Waals surface area contributed by atoms with E-state index in [9.17, 15) is 13.2 Å². The molecule has 1 aromatic carbocycles. The van der Waals surface area contributed by atoms with Gasteiger partial charge in [0.1, 0.15) is 5.75 Å². The number of alkyl halides is 3. The van der Waals surface area contributed by atoms with Gasteiger partial charge in [-0.25, -0.2) is 0 Å². The molecule has 0 bridgehead atoms. The van der Waals surface area contributed by atoms with E-state index in [2.05, 4.69) is 25.8 Å². The van der Waals surface area contributed by atoms with E-state index in [4.69, 9.17) is 5.84 Å². The number of hydrazone groups is 1. The molecule has 0 aliphatic rings. The molecule has 0 aromatic heterocycles. The molecule has 1 aromatic rings. The minimum absolute atomic E-state index is 0.203. The third-order valence-corrected chi connectivity index (χ3v) is 2.06. The Morgan fingerprint density at radius 1 is 1.40 bits per heavy atom. The van der Waals surface area contributed by atoms with Crippen LogP contribution in [0.15, 0.2) is 27.8 Å². The summed E-state index contributed by atoms with van der Waals surface area (Å²) in [5, 5.41) is 3.20. The number of halogens is 4. The molecule has 0 unspecified atom stereocenters.